The molecule has 1 heterocycles. The van der Waals surface area contributed by atoms with Crippen LogP contribution in [-0.4, -0.2) is 37.0 Å². The number of anilines is 1. The molecule has 1 saturated heterocycles. The molecule has 0 unspecified atom stereocenters. The van der Waals surface area contributed by atoms with E-state index in [-0.39, 0.29) is 5.91 Å². The highest BCUT2D eigenvalue weighted by molar-refractivity contribution is 6.31. The van der Waals surface area contributed by atoms with Gasteiger partial charge in [0.05, 0.1) is 7.11 Å². The summed E-state index contributed by atoms with van der Waals surface area (Å²) in [7, 11) is 1.71. The maximum Gasteiger partial charge on any atom is 0.255 e. The number of hydrogen-bond acceptors (Lipinski definition) is 3. The van der Waals surface area contributed by atoms with Crippen LogP contribution in [0.3, 0.4) is 0 Å². The van der Waals surface area contributed by atoms with Crippen LogP contribution in [0.5, 0.6) is 5.75 Å². The largest absolute Gasteiger partial charge is 0.496 e. The first-order valence-electron chi connectivity index (χ1n) is 12.0. The van der Waals surface area contributed by atoms with E-state index in [1.165, 1.54) is 5.56 Å². The Hall–Kier alpha value is -2.82. The number of piperidine rings is 1. The molecule has 0 bridgehead atoms. The molecule has 0 atom stereocenters. The summed E-state index contributed by atoms with van der Waals surface area (Å²) in [5, 5.41) is 3.81. The summed E-state index contributed by atoms with van der Waals surface area (Å²) in [6, 6.07) is 20.1. The van der Waals surface area contributed by atoms with Crippen LogP contribution in [0.1, 0.15) is 54.1 Å². The molecule has 4 rings (SSSR count). The number of ether oxygens (including phenoxy) is 1. The lowest BCUT2D eigenvalue weighted by atomic mass is 9.88. The van der Waals surface area contributed by atoms with E-state index in [0.29, 0.717) is 17.5 Å². The quantitative estimate of drug-likeness (QED) is 0.410. The van der Waals surface area contributed by atoms with Gasteiger partial charge in [0, 0.05) is 22.3 Å². The molecule has 1 fully saturated rings. The summed E-state index contributed by atoms with van der Waals surface area (Å²) in [5.41, 5.74) is 5.69. The van der Waals surface area contributed by atoms with Gasteiger partial charge in [0.2, 0.25) is 0 Å². The molecular weight excluding hydrogens is 444 g/mol. The molecule has 0 aliphatic carbocycles. The number of halogens is 1. The van der Waals surface area contributed by atoms with Crippen molar-refractivity contribution in [2.45, 2.75) is 45.6 Å². The number of aryl methyl sites for hydroxylation is 1. The SMILES string of the molecule is COc1ccc(NC(=O)c2ccc(-c3ccc(C)c(Cl)c3)cc2)cc1C1CCN(C(C)C)CC1. The van der Waals surface area contributed by atoms with Crippen molar-refractivity contribution >= 4 is 23.2 Å². The normalized spacial score (nSPS) is 14.9. The van der Waals surface area contributed by atoms with Gasteiger partial charge < -0.3 is 15.0 Å². The molecule has 0 radical (unpaired) electrons. The molecular formula is C29H33ClN2O2. The van der Waals surface area contributed by atoms with E-state index in [9.17, 15) is 4.79 Å². The Morgan fingerprint density at radius 1 is 1.00 bits per heavy atom. The van der Waals surface area contributed by atoms with Gasteiger partial charge in [-0.05, 0) is 111 Å². The first kappa shape index (κ1) is 24.3. The molecule has 1 aliphatic rings. The van der Waals surface area contributed by atoms with Crippen LogP contribution in [0.4, 0.5) is 5.69 Å². The maximum atomic E-state index is 13.0. The van der Waals surface area contributed by atoms with E-state index in [1.54, 1.807) is 7.11 Å². The van der Waals surface area contributed by atoms with Gasteiger partial charge in [-0.2, -0.15) is 0 Å². The van der Waals surface area contributed by atoms with Gasteiger partial charge in [-0.3, -0.25) is 4.79 Å². The van der Waals surface area contributed by atoms with Gasteiger partial charge in [-0.25, -0.2) is 0 Å². The molecule has 1 amide bonds. The van der Waals surface area contributed by atoms with Gasteiger partial charge in [-0.1, -0.05) is 35.9 Å². The smallest absolute Gasteiger partial charge is 0.255 e. The van der Waals surface area contributed by atoms with Gasteiger partial charge in [0.1, 0.15) is 5.75 Å². The molecule has 4 nitrogen and oxygen atoms in total. The second-order valence-corrected chi connectivity index (χ2v) is 9.76. The number of nitrogens with zero attached hydrogens (tertiary/aromatic N) is 1. The predicted molar refractivity (Wildman–Crippen MR) is 141 cm³/mol. The summed E-state index contributed by atoms with van der Waals surface area (Å²) in [6.07, 6.45) is 2.19. The predicted octanol–water partition coefficient (Wildman–Crippen LogP) is 7.16. The van der Waals surface area contributed by atoms with Crippen molar-refractivity contribution in [2.24, 2.45) is 0 Å². The maximum absolute atomic E-state index is 13.0. The zero-order valence-electron chi connectivity index (χ0n) is 20.4. The van der Waals surface area contributed by atoms with Crippen molar-refractivity contribution in [2.75, 3.05) is 25.5 Å². The first-order chi connectivity index (χ1) is 16.4. The number of methoxy groups -OCH3 is 1. The number of hydrogen-bond donors (Lipinski definition) is 1. The fourth-order valence-corrected chi connectivity index (χ4v) is 4.83. The monoisotopic (exact) mass is 476 g/mol. The van der Waals surface area contributed by atoms with Crippen LogP contribution in [0.25, 0.3) is 11.1 Å². The highest BCUT2D eigenvalue weighted by atomic mass is 35.5. The van der Waals surface area contributed by atoms with E-state index < -0.39 is 0 Å². The van der Waals surface area contributed by atoms with Crippen LogP contribution >= 0.6 is 11.6 Å². The summed E-state index contributed by atoms with van der Waals surface area (Å²) >= 11 is 6.27. The zero-order chi connectivity index (χ0) is 24.2. The van der Waals surface area contributed by atoms with Crippen LogP contribution in [0.2, 0.25) is 5.02 Å². The van der Waals surface area contributed by atoms with Crippen LogP contribution < -0.4 is 10.1 Å². The average molecular weight is 477 g/mol. The molecule has 178 valence electrons. The highest BCUT2D eigenvalue weighted by Crippen LogP contribution is 2.36. The number of nitrogens with one attached hydrogen (secondary N) is 1. The Morgan fingerprint density at radius 3 is 2.29 bits per heavy atom. The van der Waals surface area contributed by atoms with Gasteiger partial charge in [-0.15, -0.1) is 0 Å². The molecule has 34 heavy (non-hydrogen) atoms. The number of rotatable bonds is 6. The Morgan fingerprint density at radius 2 is 1.68 bits per heavy atom. The third-order valence-corrected chi connectivity index (χ3v) is 7.25. The summed E-state index contributed by atoms with van der Waals surface area (Å²) in [5.74, 6) is 1.20. The summed E-state index contributed by atoms with van der Waals surface area (Å²) in [4.78, 5) is 15.5. The Labute approximate surface area is 207 Å². The van der Waals surface area contributed by atoms with Gasteiger partial charge in [0.15, 0.2) is 0 Å². The lowest BCUT2D eigenvalue weighted by Crippen LogP contribution is -2.37. The number of benzene rings is 3. The fourth-order valence-electron chi connectivity index (χ4n) is 4.65. The molecule has 3 aromatic carbocycles. The zero-order valence-corrected chi connectivity index (χ0v) is 21.2. The van der Waals surface area contributed by atoms with Gasteiger partial charge >= 0.3 is 0 Å². The van der Waals surface area contributed by atoms with Crippen molar-refractivity contribution in [3.8, 4) is 16.9 Å². The van der Waals surface area contributed by atoms with Crippen LogP contribution in [0, 0.1) is 6.92 Å². The molecule has 0 saturated carbocycles. The number of amides is 1. The van der Waals surface area contributed by atoms with Crippen LogP contribution in [-0.2, 0) is 0 Å². The van der Waals surface area contributed by atoms with E-state index in [4.69, 9.17) is 16.3 Å². The fraction of sp³-hybridized carbons (Fsp3) is 0.345. The second-order valence-electron chi connectivity index (χ2n) is 9.36. The Kier molecular flexibility index (Phi) is 7.60. The molecule has 5 heteroatoms. The van der Waals surface area contributed by atoms with Crippen molar-refractivity contribution in [1.82, 2.24) is 4.90 Å². The third kappa shape index (κ3) is 5.45. The van der Waals surface area contributed by atoms with Crippen molar-refractivity contribution in [1.29, 1.82) is 0 Å². The van der Waals surface area contributed by atoms with Crippen LogP contribution in [0.15, 0.2) is 60.7 Å². The minimum atomic E-state index is -0.126. The van der Waals surface area contributed by atoms with Crippen molar-refractivity contribution < 1.29 is 9.53 Å². The minimum absolute atomic E-state index is 0.126. The molecule has 0 aromatic heterocycles. The number of likely N-dealkylation sites (tertiary alicyclic amines) is 1. The second kappa shape index (κ2) is 10.6. The summed E-state index contributed by atoms with van der Waals surface area (Å²) in [6.45, 7) is 8.65. The average Bonchev–Trinajstić information content (AvgIpc) is 2.86. The minimum Gasteiger partial charge on any atom is -0.496 e. The van der Waals surface area contributed by atoms with E-state index in [1.807, 2.05) is 61.5 Å². The van der Waals surface area contributed by atoms with Gasteiger partial charge in [0.25, 0.3) is 5.91 Å². The first-order valence-corrected chi connectivity index (χ1v) is 12.3. The van der Waals surface area contributed by atoms with E-state index in [2.05, 4.69) is 30.1 Å². The molecule has 0 spiro atoms. The van der Waals surface area contributed by atoms with E-state index >= 15 is 0 Å². The van der Waals surface area contributed by atoms with Crippen molar-refractivity contribution in [3.63, 3.8) is 0 Å². The summed E-state index contributed by atoms with van der Waals surface area (Å²) < 4.78 is 5.65. The number of carbonyl (C=O) groups excluding carboxylic acids is 1. The topological polar surface area (TPSA) is 41.6 Å². The third-order valence-electron chi connectivity index (χ3n) is 6.84. The lowest BCUT2D eigenvalue weighted by molar-refractivity contribution is 0.102. The molecule has 3 aromatic rings. The molecule has 1 aliphatic heterocycles. The highest BCUT2D eigenvalue weighted by Gasteiger charge is 2.24. The standard InChI is InChI=1S/C29H33ClN2O2/c1-19(2)32-15-13-22(14-16-32)26-18-25(11-12-28(26)34-4)31-29(33)23-9-7-21(8-10-23)24-6-5-20(3)27(30)17-24/h5-12,17-19,22H,13-16H2,1-4H3,(H,31,33). The number of carbonyl (C=O) groups is 1. The molecule has 1 N–H and O–H groups in total. The lowest BCUT2D eigenvalue weighted by Gasteiger charge is -2.35. The Balaban J connectivity index is 1.47. The van der Waals surface area contributed by atoms with E-state index in [0.717, 1.165) is 59.1 Å². The van der Waals surface area contributed by atoms with Crippen molar-refractivity contribution in [3.05, 3.63) is 82.4 Å². The Bertz CT molecular complexity index is 1150.